The number of fused-ring (bicyclic) bond motifs is 1. The van der Waals surface area contributed by atoms with Crippen LogP contribution in [0.25, 0.3) is 0 Å². The molecule has 114 valence electrons. The van der Waals surface area contributed by atoms with E-state index in [0.717, 1.165) is 11.3 Å². The Morgan fingerprint density at radius 1 is 1.18 bits per heavy atom. The highest BCUT2D eigenvalue weighted by Gasteiger charge is 2.29. The predicted octanol–water partition coefficient (Wildman–Crippen LogP) is 2.39. The van der Waals surface area contributed by atoms with E-state index >= 15 is 0 Å². The average Bonchev–Trinajstić information content (AvgIpc) is 2.81. The van der Waals surface area contributed by atoms with Crippen LogP contribution in [0.4, 0.5) is 5.69 Å². The van der Waals surface area contributed by atoms with E-state index in [9.17, 15) is 9.90 Å². The molecular weight excluding hydrogens is 276 g/mol. The van der Waals surface area contributed by atoms with Crippen LogP contribution in [-0.4, -0.2) is 17.1 Å². The van der Waals surface area contributed by atoms with Crippen molar-refractivity contribution in [3.63, 3.8) is 0 Å². The Labute approximate surface area is 130 Å². The van der Waals surface area contributed by atoms with Gasteiger partial charge in [0.15, 0.2) is 0 Å². The van der Waals surface area contributed by atoms with Crippen molar-refractivity contribution in [3.8, 4) is 0 Å². The SMILES string of the molecule is CC(=O)Nc1ccc(CN[C@@H]2c3ccccc3C[C@@H]2O)cc1. The highest BCUT2D eigenvalue weighted by atomic mass is 16.3. The van der Waals surface area contributed by atoms with Crippen molar-refractivity contribution in [2.75, 3.05) is 5.32 Å². The number of hydrogen-bond acceptors (Lipinski definition) is 3. The second-order valence-corrected chi connectivity index (χ2v) is 5.71. The molecular formula is C18H20N2O2. The zero-order chi connectivity index (χ0) is 15.5. The van der Waals surface area contributed by atoms with Crippen LogP contribution in [0.2, 0.25) is 0 Å². The highest BCUT2D eigenvalue weighted by Crippen LogP contribution is 2.31. The van der Waals surface area contributed by atoms with Crippen molar-refractivity contribution in [1.29, 1.82) is 0 Å². The second kappa shape index (κ2) is 6.30. The smallest absolute Gasteiger partial charge is 0.221 e. The molecule has 3 rings (SSSR count). The van der Waals surface area contributed by atoms with E-state index < -0.39 is 0 Å². The summed E-state index contributed by atoms with van der Waals surface area (Å²) < 4.78 is 0. The van der Waals surface area contributed by atoms with E-state index in [0.29, 0.717) is 13.0 Å². The monoisotopic (exact) mass is 296 g/mol. The lowest BCUT2D eigenvalue weighted by Crippen LogP contribution is -2.28. The van der Waals surface area contributed by atoms with Crippen molar-refractivity contribution in [2.45, 2.75) is 32.0 Å². The van der Waals surface area contributed by atoms with E-state index in [1.54, 1.807) is 0 Å². The van der Waals surface area contributed by atoms with Crippen LogP contribution in [0.3, 0.4) is 0 Å². The number of aliphatic hydroxyl groups is 1. The third-order valence-electron chi connectivity index (χ3n) is 4.00. The fourth-order valence-corrected chi connectivity index (χ4v) is 2.96. The molecule has 2 aromatic rings. The molecule has 0 unspecified atom stereocenters. The molecule has 0 heterocycles. The van der Waals surface area contributed by atoms with Gasteiger partial charge < -0.3 is 15.7 Å². The maximum absolute atomic E-state index is 11.0. The summed E-state index contributed by atoms with van der Waals surface area (Å²) in [5.41, 5.74) is 4.31. The summed E-state index contributed by atoms with van der Waals surface area (Å²) in [5, 5.41) is 16.4. The number of carbonyl (C=O) groups is 1. The van der Waals surface area contributed by atoms with Crippen molar-refractivity contribution in [1.82, 2.24) is 5.32 Å². The predicted molar refractivity (Wildman–Crippen MR) is 86.5 cm³/mol. The molecule has 0 radical (unpaired) electrons. The Kier molecular flexibility index (Phi) is 4.22. The van der Waals surface area contributed by atoms with Crippen LogP contribution in [-0.2, 0) is 17.8 Å². The number of carbonyl (C=O) groups excluding carboxylic acids is 1. The summed E-state index contributed by atoms with van der Waals surface area (Å²) in [7, 11) is 0. The summed E-state index contributed by atoms with van der Waals surface area (Å²) >= 11 is 0. The van der Waals surface area contributed by atoms with Gasteiger partial charge in [-0.25, -0.2) is 0 Å². The summed E-state index contributed by atoms with van der Waals surface area (Å²) in [6, 6.07) is 15.9. The summed E-state index contributed by atoms with van der Waals surface area (Å²) in [6.45, 7) is 2.17. The minimum absolute atomic E-state index is 0.0220. The van der Waals surface area contributed by atoms with Crippen LogP contribution in [0.1, 0.15) is 29.7 Å². The normalized spacial score (nSPS) is 19.7. The molecule has 1 amide bonds. The third kappa shape index (κ3) is 3.18. The maximum Gasteiger partial charge on any atom is 0.221 e. The van der Waals surface area contributed by atoms with Crippen LogP contribution in [0.15, 0.2) is 48.5 Å². The van der Waals surface area contributed by atoms with E-state index in [1.807, 2.05) is 36.4 Å². The first-order valence-corrected chi connectivity index (χ1v) is 7.49. The summed E-state index contributed by atoms with van der Waals surface area (Å²) in [5.74, 6) is -0.0726. The van der Waals surface area contributed by atoms with Gasteiger partial charge in [0.2, 0.25) is 5.91 Å². The molecule has 0 bridgehead atoms. The van der Waals surface area contributed by atoms with Gasteiger partial charge in [-0.15, -0.1) is 0 Å². The minimum Gasteiger partial charge on any atom is -0.391 e. The molecule has 22 heavy (non-hydrogen) atoms. The maximum atomic E-state index is 11.0. The number of amides is 1. The van der Waals surface area contributed by atoms with Crippen molar-refractivity contribution in [2.24, 2.45) is 0 Å². The number of benzene rings is 2. The molecule has 0 saturated carbocycles. The molecule has 0 fully saturated rings. The first-order valence-electron chi connectivity index (χ1n) is 7.49. The van der Waals surface area contributed by atoms with Crippen molar-refractivity contribution < 1.29 is 9.90 Å². The van der Waals surface area contributed by atoms with Gasteiger partial charge in [-0.3, -0.25) is 4.79 Å². The Balaban J connectivity index is 1.64. The van der Waals surface area contributed by atoms with Crippen LogP contribution >= 0.6 is 0 Å². The van der Waals surface area contributed by atoms with E-state index in [4.69, 9.17) is 0 Å². The zero-order valence-electron chi connectivity index (χ0n) is 12.5. The van der Waals surface area contributed by atoms with E-state index in [1.165, 1.54) is 18.1 Å². The molecule has 3 N–H and O–H groups in total. The van der Waals surface area contributed by atoms with Crippen LogP contribution in [0.5, 0.6) is 0 Å². The van der Waals surface area contributed by atoms with E-state index in [2.05, 4.69) is 22.8 Å². The van der Waals surface area contributed by atoms with Gasteiger partial charge in [0, 0.05) is 25.6 Å². The quantitative estimate of drug-likeness (QED) is 0.812. The number of nitrogens with one attached hydrogen (secondary N) is 2. The fourth-order valence-electron chi connectivity index (χ4n) is 2.96. The van der Waals surface area contributed by atoms with Gasteiger partial charge in [-0.1, -0.05) is 36.4 Å². The Morgan fingerprint density at radius 3 is 2.64 bits per heavy atom. The minimum atomic E-state index is -0.379. The molecule has 2 aromatic carbocycles. The van der Waals surface area contributed by atoms with Gasteiger partial charge in [0.05, 0.1) is 12.1 Å². The second-order valence-electron chi connectivity index (χ2n) is 5.71. The third-order valence-corrected chi connectivity index (χ3v) is 4.00. The van der Waals surface area contributed by atoms with Crippen molar-refractivity contribution in [3.05, 3.63) is 65.2 Å². The first kappa shape index (κ1) is 14.8. The zero-order valence-corrected chi connectivity index (χ0v) is 12.5. The molecule has 2 atom stereocenters. The lowest BCUT2D eigenvalue weighted by molar-refractivity contribution is -0.114. The molecule has 4 heteroatoms. The number of hydrogen-bond donors (Lipinski definition) is 3. The van der Waals surface area contributed by atoms with E-state index in [-0.39, 0.29) is 18.1 Å². The number of rotatable bonds is 4. The standard InChI is InChI=1S/C18H20N2O2/c1-12(21)20-15-8-6-13(7-9-15)11-19-18-16-5-3-2-4-14(16)10-17(18)22/h2-9,17-19,22H,10-11H2,1H3,(H,20,21)/t17-,18+/m0/s1. The summed E-state index contributed by atoms with van der Waals surface area (Å²) in [4.78, 5) is 11.0. The van der Waals surface area contributed by atoms with Crippen LogP contribution in [0, 0.1) is 0 Å². The lowest BCUT2D eigenvalue weighted by Gasteiger charge is -2.18. The number of aliphatic hydroxyl groups excluding tert-OH is 1. The fraction of sp³-hybridized carbons (Fsp3) is 0.278. The first-order chi connectivity index (χ1) is 10.6. The molecule has 0 saturated heterocycles. The molecule has 0 aliphatic heterocycles. The Bertz CT molecular complexity index is 667. The van der Waals surface area contributed by atoms with Gasteiger partial charge in [-0.05, 0) is 28.8 Å². The molecule has 4 nitrogen and oxygen atoms in total. The Hall–Kier alpha value is -2.17. The molecule has 0 spiro atoms. The topological polar surface area (TPSA) is 61.4 Å². The highest BCUT2D eigenvalue weighted by molar-refractivity contribution is 5.88. The molecule has 0 aromatic heterocycles. The Morgan fingerprint density at radius 2 is 1.91 bits per heavy atom. The average molecular weight is 296 g/mol. The molecule has 1 aliphatic rings. The van der Waals surface area contributed by atoms with Crippen molar-refractivity contribution >= 4 is 11.6 Å². The van der Waals surface area contributed by atoms with Gasteiger partial charge >= 0.3 is 0 Å². The van der Waals surface area contributed by atoms with Crippen LogP contribution < -0.4 is 10.6 Å². The van der Waals surface area contributed by atoms with Gasteiger partial charge in [-0.2, -0.15) is 0 Å². The van der Waals surface area contributed by atoms with Gasteiger partial charge in [0.25, 0.3) is 0 Å². The molecule has 1 aliphatic carbocycles. The number of anilines is 1. The summed E-state index contributed by atoms with van der Waals surface area (Å²) in [6.07, 6.45) is 0.325. The van der Waals surface area contributed by atoms with Gasteiger partial charge in [0.1, 0.15) is 0 Å². The largest absolute Gasteiger partial charge is 0.391 e. The lowest BCUT2D eigenvalue weighted by atomic mass is 10.1.